The summed E-state index contributed by atoms with van der Waals surface area (Å²) in [6.45, 7) is 0. The highest BCUT2D eigenvalue weighted by Gasteiger charge is 2.19. The molecule has 22 heavy (non-hydrogen) atoms. The molecule has 3 amide bonds. The molecule has 0 saturated carbocycles. The average Bonchev–Trinajstić information content (AvgIpc) is 2.42. The van der Waals surface area contributed by atoms with E-state index in [4.69, 9.17) is 17.3 Å². The zero-order valence-electron chi connectivity index (χ0n) is 12.9. The van der Waals surface area contributed by atoms with Gasteiger partial charge in [-0.25, -0.2) is 4.79 Å². The third-order valence-corrected chi connectivity index (χ3v) is 3.89. The Morgan fingerprint density at radius 1 is 1.41 bits per heavy atom. The number of nitrogens with two attached hydrogens (primary N) is 1. The summed E-state index contributed by atoms with van der Waals surface area (Å²) < 4.78 is 0. The number of amides is 3. The molecule has 0 aliphatic heterocycles. The monoisotopic (exact) mass is 344 g/mol. The van der Waals surface area contributed by atoms with Gasteiger partial charge in [0, 0.05) is 19.8 Å². The maximum absolute atomic E-state index is 12.2. The molecular formula is C14H21ClN4O2S. The van der Waals surface area contributed by atoms with E-state index in [1.54, 1.807) is 23.9 Å². The van der Waals surface area contributed by atoms with E-state index in [0.717, 1.165) is 11.4 Å². The third kappa shape index (κ3) is 5.65. The summed E-state index contributed by atoms with van der Waals surface area (Å²) in [7, 11) is 3.77. The molecule has 122 valence electrons. The fourth-order valence-corrected chi connectivity index (χ4v) is 2.67. The molecule has 1 atom stereocenters. The lowest BCUT2D eigenvalue weighted by atomic mass is 10.2. The van der Waals surface area contributed by atoms with Crippen LogP contribution in [0.4, 0.5) is 16.2 Å². The van der Waals surface area contributed by atoms with Crippen LogP contribution >= 0.6 is 23.4 Å². The van der Waals surface area contributed by atoms with Crippen LogP contribution in [0.1, 0.15) is 6.42 Å². The maximum Gasteiger partial charge on any atom is 0.312 e. The Labute approximate surface area is 139 Å². The zero-order valence-corrected chi connectivity index (χ0v) is 14.4. The molecular weight excluding hydrogens is 324 g/mol. The summed E-state index contributed by atoms with van der Waals surface area (Å²) >= 11 is 7.76. The lowest BCUT2D eigenvalue weighted by Gasteiger charge is -2.18. The molecule has 1 aromatic rings. The molecule has 0 fully saturated rings. The van der Waals surface area contributed by atoms with Gasteiger partial charge in [-0.1, -0.05) is 11.6 Å². The van der Waals surface area contributed by atoms with Gasteiger partial charge in [0.05, 0.1) is 10.7 Å². The van der Waals surface area contributed by atoms with E-state index >= 15 is 0 Å². The van der Waals surface area contributed by atoms with Gasteiger partial charge in [-0.15, -0.1) is 0 Å². The number of urea groups is 1. The van der Waals surface area contributed by atoms with Crippen molar-refractivity contribution < 1.29 is 9.59 Å². The van der Waals surface area contributed by atoms with E-state index in [1.807, 2.05) is 31.3 Å². The molecule has 1 rings (SSSR count). The molecule has 0 radical (unpaired) electrons. The minimum Gasteiger partial charge on any atom is -0.376 e. The van der Waals surface area contributed by atoms with Crippen molar-refractivity contribution in [3.63, 3.8) is 0 Å². The molecule has 0 spiro atoms. The predicted octanol–water partition coefficient (Wildman–Crippen LogP) is 2.13. The van der Waals surface area contributed by atoms with Gasteiger partial charge >= 0.3 is 6.03 Å². The standard InChI is InChI=1S/C14H21ClN4O2S/c1-19(2)12-5-4-9(8-10(12)15)17-13(20)11(6-7-22-3)18-14(16)21/h4-5,8,11H,6-7H2,1-3H3,(H,17,20)(H3,16,18,21)/t11-/m0/s1. The number of primary amides is 1. The first-order chi connectivity index (χ1) is 10.3. The minimum atomic E-state index is -0.720. The molecule has 0 unspecified atom stereocenters. The van der Waals surface area contributed by atoms with E-state index in [9.17, 15) is 9.59 Å². The largest absolute Gasteiger partial charge is 0.376 e. The summed E-state index contributed by atoms with van der Waals surface area (Å²) in [5, 5.41) is 5.73. The van der Waals surface area contributed by atoms with Crippen molar-refractivity contribution in [2.24, 2.45) is 5.73 Å². The van der Waals surface area contributed by atoms with Gasteiger partial charge in [0.1, 0.15) is 6.04 Å². The van der Waals surface area contributed by atoms with Crippen LogP contribution in [-0.2, 0) is 4.79 Å². The van der Waals surface area contributed by atoms with E-state index in [-0.39, 0.29) is 5.91 Å². The Morgan fingerprint density at radius 2 is 2.09 bits per heavy atom. The molecule has 4 N–H and O–H groups in total. The lowest BCUT2D eigenvalue weighted by molar-refractivity contribution is -0.117. The lowest BCUT2D eigenvalue weighted by Crippen LogP contribution is -2.46. The highest BCUT2D eigenvalue weighted by Crippen LogP contribution is 2.27. The zero-order chi connectivity index (χ0) is 16.7. The van der Waals surface area contributed by atoms with Crippen LogP contribution in [0.2, 0.25) is 5.02 Å². The number of thioether (sulfide) groups is 1. The predicted molar refractivity (Wildman–Crippen MR) is 93.9 cm³/mol. The number of rotatable bonds is 7. The molecule has 8 heteroatoms. The first kappa shape index (κ1) is 18.4. The number of nitrogens with one attached hydrogen (secondary N) is 2. The van der Waals surface area contributed by atoms with E-state index in [0.29, 0.717) is 17.1 Å². The van der Waals surface area contributed by atoms with Crippen LogP contribution in [0.15, 0.2) is 18.2 Å². The summed E-state index contributed by atoms with van der Waals surface area (Å²) in [6.07, 6.45) is 2.43. The molecule has 0 aliphatic carbocycles. The summed E-state index contributed by atoms with van der Waals surface area (Å²) in [6, 6.07) is 3.86. The van der Waals surface area contributed by atoms with Crippen LogP contribution in [-0.4, -0.2) is 44.1 Å². The maximum atomic E-state index is 12.2. The quantitative estimate of drug-likeness (QED) is 0.707. The van der Waals surface area contributed by atoms with Crippen molar-refractivity contribution in [3.05, 3.63) is 23.2 Å². The molecule has 0 saturated heterocycles. The van der Waals surface area contributed by atoms with E-state index < -0.39 is 12.1 Å². The van der Waals surface area contributed by atoms with Gasteiger partial charge in [-0.3, -0.25) is 4.79 Å². The normalized spacial score (nSPS) is 11.6. The first-order valence-corrected chi connectivity index (χ1v) is 8.45. The molecule has 0 heterocycles. The van der Waals surface area contributed by atoms with Crippen LogP contribution in [0.3, 0.4) is 0 Å². The molecule has 0 aromatic heterocycles. The highest BCUT2D eigenvalue weighted by atomic mass is 35.5. The number of benzene rings is 1. The van der Waals surface area contributed by atoms with Crippen LogP contribution in [0, 0.1) is 0 Å². The number of carbonyl (C=O) groups excluding carboxylic acids is 2. The van der Waals surface area contributed by atoms with Crippen molar-refractivity contribution >= 4 is 46.7 Å². The Bertz CT molecular complexity index is 540. The number of hydrogen-bond donors (Lipinski definition) is 3. The van der Waals surface area contributed by atoms with Crippen LogP contribution < -0.4 is 21.3 Å². The van der Waals surface area contributed by atoms with E-state index in [2.05, 4.69) is 10.6 Å². The second-order valence-corrected chi connectivity index (χ2v) is 6.29. The van der Waals surface area contributed by atoms with Gasteiger partial charge in [-0.05, 0) is 36.6 Å². The van der Waals surface area contributed by atoms with Crippen molar-refractivity contribution in [2.75, 3.05) is 36.3 Å². The van der Waals surface area contributed by atoms with Crippen molar-refractivity contribution in [1.82, 2.24) is 5.32 Å². The number of carbonyl (C=O) groups is 2. The van der Waals surface area contributed by atoms with Crippen molar-refractivity contribution in [3.8, 4) is 0 Å². The average molecular weight is 345 g/mol. The summed E-state index contributed by atoms with van der Waals surface area (Å²) in [5.74, 6) is 0.417. The number of halogens is 1. The summed E-state index contributed by atoms with van der Waals surface area (Å²) in [5.41, 5.74) is 6.54. The van der Waals surface area contributed by atoms with Crippen LogP contribution in [0.25, 0.3) is 0 Å². The fraction of sp³-hybridized carbons (Fsp3) is 0.429. The smallest absolute Gasteiger partial charge is 0.312 e. The van der Waals surface area contributed by atoms with Gasteiger partial charge < -0.3 is 21.3 Å². The van der Waals surface area contributed by atoms with E-state index in [1.165, 1.54) is 0 Å². The van der Waals surface area contributed by atoms with Crippen molar-refractivity contribution in [1.29, 1.82) is 0 Å². The fourth-order valence-electron chi connectivity index (χ4n) is 1.85. The van der Waals surface area contributed by atoms with Crippen molar-refractivity contribution in [2.45, 2.75) is 12.5 Å². The molecule has 0 bridgehead atoms. The Kier molecular flexibility index (Phi) is 7.34. The van der Waals surface area contributed by atoms with Gasteiger partial charge in [0.25, 0.3) is 0 Å². The molecule has 1 aromatic carbocycles. The number of anilines is 2. The SMILES string of the molecule is CSCC[C@H](NC(N)=O)C(=O)Nc1ccc(N(C)C)c(Cl)c1. The third-order valence-electron chi connectivity index (χ3n) is 2.94. The Morgan fingerprint density at radius 3 is 2.59 bits per heavy atom. The minimum absolute atomic E-state index is 0.318. The Hall–Kier alpha value is -1.60. The number of nitrogens with zero attached hydrogens (tertiary/aromatic N) is 1. The number of hydrogen-bond acceptors (Lipinski definition) is 4. The second kappa shape index (κ2) is 8.75. The topological polar surface area (TPSA) is 87.5 Å². The second-order valence-electron chi connectivity index (χ2n) is 4.89. The first-order valence-electron chi connectivity index (χ1n) is 6.67. The van der Waals surface area contributed by atoms with Crippen LogP contribution in [0.5, 0.6) is 0 Å². The van der Waals surface area contributed by atoms with Gasteiger partial charge in [-0.2, -0.15) is 11.8 Å². The molecule has 0 aliphatic rings. The van der Waals surface area contributed by atoms with Gasteiger partial charge in [0.15, 0.2) is 0 Å². The summed E-state index contributed by atoms with van der Waals surface area (Å²) in [4.78, 5) is 25.1. The van der Waals surface area contributed by atoms with Gasteiger partial charge in [0.2, 0.25) is 5.91 Å². The Balaban J connectivity index is 2.79. The highest BCUT2D eigenvalue weighted by molar-refractivity contribution is 7.98. The molecule has 6 nitrogen and oxygen atoms in total.